The van der Waals surface area contributed by atoms with Crippen molar-refractivity contribution in [3.05, 3.63) is 11.6 Å². The van der Waals surface area contributed by atoms with Gasteiger partial charge >= 0.3 is 12.1 Å². The van der Waals surface area contributed by atoms with E-state index in [1.165, 1.54) is 12.8 Å². The van der Waals surface area contributed by atoms with Gasteiger partial charge in [-0.3, -0.25) is 0 Å². The van der Waals surface area contributed by atoms with Gasteiger partial charge in [0, 0.05) is 13.1 Å². The maximum atomic E-state index is 10.6. The van der Waals surface area contributed by atoms with Crippen LogP contribution in [-0.4, -0.2) is 50.2 Å². The first-order valence-electron chi connectivity index (χ1n) is 6.73. The number of aliphatic carboxylic acids is 1. The lowest BCUT2D eigenvalue weighted by Gasteiger charge is -2.16. The van der Waals surface area contributed by atoms with E-state index >= 15 is 0 Å². The lowest BCUT2D eigenvalue weighted by Crippen LogP contribution is -2.21. The number of carbonyl (C=O) groups is 1. The molecule has 3 rings (SSSR count). The first-order chi connectivity index (χ1) is 10.7. The molecule has 23 heavy (non-hydrogen) atoms. The van der Waals surface area contributed by atoms with E-state index in [9.17, 15) is 13.2 Å². The maximum absolute atomic E-state index is 10.6. The molecule has 0 bridgehead atoms. The Morgan fingerprint density at radius 2 is 1.87 bits per heavy atom. The zero-order valence-corrected chi connectivity index (χ0v) is 12.2. The molecule has 3 heterocycles. The quantitative estimate of drug-likeness (QED) is 0.808. The van der Waals surface area contributed by atoms with Gasteiger partial charge in [-0.15, -0.1) is 15.3 Å². The minimum atomic E-state index is -5.08. The predicted molar refractivity (Wildman–Crippen MR) is 75.1 cm³/mol. The van der Waals surface area contributed by atoms with Crippen LogP contribution in [-0.2, 0) is 4.79 Å². The van der Waals surface area contributed by atoms with Gasteiger partial charge in [0.1, 0.15) is 5.82 Å². The third kappa shape index (κ3) is 3.79. The summed E-state index contributed by atoms with van der Waals surface area (Å²) in [5, 5.41) is 19.4. The molecule has 0 unspecified atom stereocenters. The van der Waals surface area contributed by atoms with Gasteiger partial charge in [0.15, 0.2) is 5.65 Å². The molecule has 0 saturated carbocycles. The first kappa shape index (κ1) is 16.8. The Balaban J connectivity index is 0.000000236. The number of anilines is 2. The van der Waals surface area contributed by atoms with Crippen LogP contribution in [0.4, 0.5) is 24.9 Å². The molecule has 1 saturated heterocycles. The van der Waals surface area contributed by atoms with Crippen molar-refractivity contribution in [3.63, 3.8) is 0 Å². The third-order valence-corrected chi connectivity index (χ3v) is 3.24. The van der Waals surface area contributed by atoms with Crippen molar-refractivity contribution in [3.8, 4) is 0 Å². The van der Waals surface area contributed by atoms with Crippen molar-refractivity contribution < 1.29 is 23.1 Å². The average molecular weight is 332 g/mol. The molecule has 0 aliphatic carbocycles. The van der Waals surface area contributed by atoms with Gasteiger partial charge in [0.25, 0.3) is 0 Å². The summed E-state index contributed by atoms with van der Waals surface area (Å²) in [6.07, 6.45) is -2.62. The van der Waals surface area contributed by atoms with Gasteiger partial charge in [-0.2, -0.15) is 17.7 Å². The number of hydrogen-bond acceptors (Lipinski definition) is 6. The average Bonchev–Trinajstić information content (AvgIpc) is 3.09. The number of nitrogen functional groups attached to an aromatic ring is 1. The molecule has 0 aromatic carbocycles. The van der Waals surface area contributed by atoms with E-state index in [1.807, 2.05) is 6.92 Å². The van der Waals surface area contributed by atoms with Crippen molar-refractivity contribution in [2.75, 3.05) is 23.7 Å². The summed E-state index contributed by atoms with van der Waals surface area (Å²) in [7, 11) is 0. The third-order valence-electron chi connectivity index (χ3n) is 3.24. The maximum Gasteiger partial charge on any atom is 0.490 e. The van der Waals surface area contributed by atoms with E-state index in [0.717, 1.165) is 30.1 Å². The molecule has 0 spiro atoms. The summed E-state index contributed by atoms with van der Waals surface area (Å²) in [6.45, 7) is 4.14. The molecule has 0 amide bonds. The van der Waals surface area contributed by atoms with E-state index in [4.69, 9.17) is 15.6 Å². The van der Waals surface area contributed by atoms with Gasteiger partial charge < -0.3 is 15.7 Å². The van der Waals surface area contributed by atoms with E-state index < -0.39 is 12.1 Å². The highest BCUT2D eigenvalue weighted by Gasteiger charge is 2.38. The number of aryl methyl sites for hydroxylation is 1. The number of carboxylic acid groups (broad SMARTS) is 1. The van der Waals surface area contributed by atoms with E-state index in [0.29, 0.717) is 5.95 Å². The van der Waals surface area contributed by atoms with Crippen molar-refractivity contribution in [1.82, 2.24) is 19.8 Å². The Labute approximate surface area is 128 Å². The molecule has 1 fully saturated rings. The second kappa shape index (κ2) is 6.26. The smallest absolute Gasteiger partial charge is 0.475 e. The molecule has 0 atom stereocenters. The zero-order valence-electron chi connectivity index (χ0n) is 12.2. The number of halogens is 3. The summed E-state index contributed by atoms with van der Waals surface area (Å²) in [4.78, 5) is 11.2. The number of carboxylic acids is 1. The Bertz CT molecular complexity index is 709. The van der Waals surface area contributed by atoms with E-state index in [-0.39, 0.29) is 0 Å². The lowest BCUT2D eigenvalue weighted by atomic mass is 10.3. The fourth-order valence-corrected chi connectivity index (χ4v) is 2.13. The highest BCUT2D eigenvalue weighted by Crippen LogP contribution is 2.20. The summed E-state index contributed by atoms with van der Waals surface area (Å²) in [5.41, 5.74) is 7.51. The van der Waals surface area contributed by atoms with Crippen molar-refractivity contribution >= 4 is 23.4 Å². The van der Waals surface area contributed by atoms with Gasteiger partial charge in [0.2, 0.25) is 5.95 Å². The molecule has 8 nitrogen and oxygen atoms in total. The topological polar surface area (TPSA) is 110 Å². The second-order valence-corrected chi connectivity index (χ2v) is 4.98. The number of aromatic nitrogens is 4. The number of fused-ring (bicyclic) bond motifs is 1. The van der Waals surface area contributed by atoms with Crippen LogP contribution in [0.2, 0.25) is 0 Å². The standard InChI is InChI=1S/C10H14N6.C2HF3O2/c1-7-6-8(15-4-2-3-5-15)14-16-9(7)12-13-10(16)11;3-2(4,5)1(6)7/h6H,2-5H2,1H3,(H2,11,13);(H,6,7). The van der Waals surface area contributed by atoms with Gasteiger partial charge in [-0.1, -0.05) is 0 Å². The number of rotatable bonds is 1. The van der Waals surface area contributed by atoms with Gasteiger partial charge in [0.05, 0.1) is 0 Å². The molecule has 3 N–H and O–H groups in total. The highest BCUT2D eigenvalue weighted by atomic mass is 19.4. The predicted octanol–water partition coefficient (Wildman–Crippen LogP) is 1.25. The van der Waals surface area contributed by atoms with Crippen LogP contribution in [0.15, 0.2) is 6.07 Å². The lowest BCUT2D eigenvalue weighted by molar-refractivity contribution is -0.192. The summed E-state index contributed by atoms with van der Waals surface area (Å²) < 4.78 is 33.4. The number of nitrogens with two attached hydrogens (primary N) is 1. The van der Waals surface area contributed by atoms with Gasteiger partial charge in [-0.05, 0) is 31.4 Å². The van der Waals surface area contributed by atoms with Crippen molar-refractivity contribution in [2.45, 2.75) is 25.9 Å². The Morgan fingerprint density at radius 1 is 1.30 bits per heavy atom. The monoisotopic (exact) mass is 332 g/mol. The molecule has 11 heteroatoms. The largest absolute Gasteiger partial charge is 0.490 e. The number of hydrogen-bond donors (Lipinski definition) is 2. The number of nitrogens with zero attached hydrogens (tertiary/aromatic N) is 5. The van der Waals surface area contributed by atoms with Gasteiger partial charge in [-0.25, -0.2) is 4.79 Å². The van der Waals surface area contributed by atoms with Crippen molar-refractivity contribution in [1.29, 1.82) is 0 Å². The van der Waals surface area contributed by atoms with E-state index in [1.54, 1.807) is 4.52 Å². The SMILES string of the molecule is Cc1cc(N2CCCC2)nn2c(N)nnc12.O=C(O)C(F)(F)F. The Morgan fingerprint density at radius 3 is 2.39 bits per heavy atom. The molecule has 1 aliphatic rings. The molecule has 1 aliphatic heterocycles. The van der Waals surface area contributed by atoms with Crippen LogP contribution < -0.4 is 10.6 Å². The molecule has 126 valence electrons. The molecular formula is C12H15F3N6O2. The molecule has 2 aromatic rings. The summed E-state index contributed by atoms with van der Waals surface area (Å²) in [6, 6.07) is 2.05. The fraction of sp³-hybridized carbons (Fsp3) is 0.500. The van der Waals surface area contributed by atoms with Crippen LogP contribution in [0, 0.1) is 6.92 Å². The first-order valence-corrected chi connectivity index (χ1v) is 6.73. The zero-order chi connectivity index (χ0) is 17.2. The normalized spacial score (nSPS) is 14.7. The van der Waals surface area contributed by atoms with Crippen LogP contribution in [0.25, 0.3) is 5.65 Å². The van der Waals surface area contributed by atoms with Crippen LogP contribution in [0.3, 0.4) is 0 Å². The van der Waals surface area contributed by atoms with Crippen molar-refractivity contribution in [2.24, 2.45) is 0 Å². The Hall–Kier alpha value is -2.59. The molecule has 2 aromatic heterocycles. The second-order valence-electron chi connectivity index (χ2n) is 4.98. The fourth-order valence-electron chi connectivity index (χ4n) is 2.13. The molecular weight excluding hydrogens is 317 g/mol. The van der Waals surface area contributed by atoms with Crippen LogP contribution in [0.1, 0.15) is 18.4 Å². The summed E-state index contributed by atoms with van der Waals surface area (Å²) >= 11 is 0. The van der Waals surface area contributed by atoms with Crippen LogP contribution in [0.5, 0.6) is 0 Å². The Kier molecular flexibility index (Phi) is 4.57. The van der Waals surface area contributed by atoms with E-state index in [2.05, 4.69) is 26.3 Å². The molecule has 0 radical (unpaired) electrons. The highest BCUT2D eigenvalue weighted by molar-refractivity contribution is 5.73. The minimum Gasteiger partial charge on any atom is -0.475 e. The number of alkyl halides is 3. The summed E-state index contributed by atoms with van der Waals surface area (Å²) in [5.74, 6) is -1.44. The minimum absolute atomic E-state index is 0.346. The van der Waals surface area contributed by atoms with Crippen LogP contribution >= 0.6 is 0 Å².